The Balaban J connectivity index is 2.05. The molecule has 0 spiro atoms. The second-order valence-corrected chi connectivity index (χ2v) is 4.75. The minimum Gasteiger partial charge on any atom is -0.508 e. The van der Waals surface area contributed by atoms with Crippen LogP contribution >= 0.6 is 15.9 Å². The van der Waals surface area contributed by atoms with Crippen molar-refractivity contribution in [3.05, 3.63) is 59.7 Å². The SMILES string of the molecule is O=C(Cc1cccc(O)c1)Nc1ccccc1CBr. The molecule has 0 unspecified atom stereocenters. The molecule has 98 valence electrons. The first kappa shape index (κ1) is 13.6. The van der Waals surface area contributed by atoms with E-state index in [4.69, 9.17) is 0 Å². The highest BCUT2D eigenvalue weighted by molar-refractivity contribution is 9.08. The van der Waals surface area contributed by atoms with Crippen LogP contribution in [0.1, 0.15) is 11.1 Å². The molecule has 0 radical (unpaired) electrons. The smallest absolute Gasteiger partial charge is 0.228 e. The average molecular weight is 320 g/mol. The second-order valence-electron chi connectivity index (χ2n) is 4.19. The lowest BCUT2D eigenvalue weighted by atomic mass is 10.1. The number of phenols is 1. The highest BCUT2D eigenvalue weighted by Crippen LogP contribution is 2.18. The van der Waals surface area contributed by atoms with E-state index in [0.29, 0.717) is 5.33 Å². The second kappa shape index (κ2) is 6.38. The Morgan fingerprint density at radius 3 is 2.68 bits per heavy atom. The first-order valence-electron chi connectivity index (χ1n) is 5.90. The van der Waals surface area contributed by atoms with Gasteiger partial charge in [-0.3, -0.25) is 4.79 Å². The van der Waals surface area contributed by atoms with Crippen LogP contribution < -0.4 is 5.32 Å². The summed E-state index contributed by atoms with van der Waals surface area (Å²) in [5, 5.41) is 12.9. The molecule has 4 heteroatoms. The van der Waals surface area contributed by atoms with E-state index in [2.05, 4.69) is 21.2 Å². The number of aromatic hydroxyl groups is 1. The van der Waals surface area contributed by atoms with Gasteiger partial charge >= 0.3 is 0 Å². The highest BCUT2D eigenvalue weighted by Gasteiger charge is 2.07. The van der Waals surface area contributed by atoms with Gasteiger partial charge in [-0.05, 0) is 29.3 Å². The van der Waals surface area contributed by atoms with Gasteiger partial charge in [0.2, 0.25) is 5.91 Å². The summed E-state index contributed by atoms with van der Waals surface area (Å²) in [5.41, 5.74) is 2.63. The summed E-state index contributed by atoms with van der Waals surface area (Å²) in [6.07, 6.45) is 0.241. The van der Waals surface area contributed by atoms with Crippen LogP contribution in [0, 0.1) is 0 Å². The topological polar surface area (TPSA) is 49.3 Å². The van der Waals surface area contributed by atoms with Crippen LogP contribution in [0.4, 0.5) is 5.69 Å². The van der Waals surface area contributed by atoms with Crippen molar-refractivity contribution in [2.24, 2.45) is 0 Å². The normalized spacial score (nSPS) is 10.2. The quantitative estimate of drug-likeness (QED) is 0.848. The molecule has 0 fully saturated rings. The standard InChI is InChI=1S/C15H14BrNO2/c16-10-12-5-1-2-7-14(12)17-15(19)9-11-4-3-6-13(18)8-11/h1-8,18H,9-10H2,(H,17,19). The molecule has 2 N–H and O–H groups in total. The molecule has 0 saturated heterocycles. The number of benzene rings is 2. The van der Waals surface area contributed by atoms with Crippen molar-refractivity contribution in [1.29, 1.82) is 0 Å². The van der Waals surface area contributed by atoms with Crippen molar-refractivity contribution < 1.29 is 9.90 Å². The van der Waals surface area contributed by atoms with Crippen molar-refractivity contribution >= 4 is 27.5 Å². The lowest BCUT2D eigenvalue weighted by molar-refractivity contribution is -0.115. The number of para-hydroxylation sites is 1. The molecule has 2 aromatic carbocycles. The van der Waals surface area contributed by atoms with E-state index in [-0.39, 0.29) is 18.1 Å². The van der Waals surface area contributed by atoms with Crippen LogP contribution in [0.5, 0.6) is 5.75 Å². The number of amides is 1. The Bertz CT molecular complexity index is 584. The lowest BCUT2D eigenvalue weighted by Crippen LogP contribution is -2.15. The Hall–Kier alpha value is -1.81. The molecule has 3 nitrogen and oxygen atoms in total. The summed E-state index contributed by atoms with van der Waals surface area (Å²) >= 11 is 3.39. The molecule has 19 heavy (non-hydrogen) atoms. The summed E-state index contributed by atoms with van der Waals surface area (Å²) in [5.74, 6) is 0.0742. The van der Waals surface area contributed by atoms with Gasteiger partial charge in [-0.2, -0.15) is 0 Å². The van der Waals surface area contributed by atoms with Gasteiger partial charge in [0.25, 0.3) is 0 Å². The lowest BCUT2D eigenvalue weighted by Gasteiger charge is -2.09. The molecular weight excluding hydrogens is 306 g/mol. The maximum atomic E-state index is 12.0. The number of hydrogen-bond acceptors (Lipinski definition) is 2. The number of carbonyl (C=O) groups excluding carboxylic acids is 1. The molecule has 2 aromatic rings. The van der Waals surface area contributed by atoms with E-state index in [1.165, 1.54) is 0 Å². The molecule has 0 aliphatic heterocycles. The average Bonchev–Trinajstić information content (AvgIpc) is 2.39. The molecule has 0 aromatic heterocycles. The molecule has 0 aliphatic rings. The van der Waals surface area contributed by atoms with Gasteiger partial charge in [0.15, 0.2) is 0 Å². The zero-order valence-electron chi connectivity index (χ0n) is 10.3. The molecule has 1 amide bonds. The van der Waals surface area contributed by atoms with Gasteiger partial charge in [0.05, 0.1) is 6.42 Å². The van der Waals surface area contributed by atoms with Crippen LogP contribution in [0.25, 0.3) is 0 Å². The molecule has 2 rings (SSSR count). The van der Waals surface area contributed by atoms with Gasteiger partial charge < -0.3 is 10.4 Å². The van der Waals surface area contributed by atoms with Crippen molar-refractivity contribution in [2.45, 2.75) is 11.8 Å². The number of anilines is 1. The fourth-order valence-corrected chi connectivity index (χ4v) is 2.29. The zero-order chi connectivity index (χ0) is 13.7. The van der Waals surface area contributed by atoms with Gasteiger partial charge in [-0.25, -0.2) is 0 Å². The fraction of sp³-hybridized carbons (Fsp3) is 0.133. The van der Waals surface area contributed by atoms with Crippen LogP contribution in [-0.2, 0) is 16.5 Å². The van der Waals surface area contributed by atoms with Crippen molar-refractivity contribution in [1.82, 2.24) is 0 Å². The maximum Gasteiger partial charge on any atom is 0.228 e. The Morgan fingerprint density at radius 2 is 1.95 bits per heavy atom. The predicted octanol–water partition coefficient (Wildman–Crippen LogP) is 3.47. The molecule has 0 saturated carbocycles. The molecule has 0 bridgehead atoms. The van der Waals surface area contributed by atoms with E-state index in [1.54, 1.807) is 18.2 Å². The van der Waals surface area contributed by atoms with Crippen LogP contribution in [0.2, 0.25) is 0 Å². The maximum absolute atomic E-state index is 12.0. The number of hydrogen-bond donors (Lipinski definition) is 2. The van der Waals surface area contributed by atoms with Gasteiger partial charge in [0.1, 0.15) is 5.75 Å². The number of alkyl halides is 1. The Labute approximate surface area is 120 Å². The number of nitrogens with one attached hydrogen (secondary N) is 1. The third kappa shape index (κ3) is 3.83. The molecule has 0 atom stereocenters. The van der Waals surface area contributed by atoms with Gasteiger partial charge in [-0.1, -0.05) is 46.3 Å². The summed E-state index contributed by atoms with van der Waals surface area (Å²) in [4.78, 5) is 12.0. The largest absolute Gasteiger partial charge is 0.508 e. The monoisotopic (exact) mass is 319 g/mol. The van der Waals surface area contributed by atoms with Crippen molar-refractivity contribution in [3.63, 3.8) is 0 Å². The minimum atomic E-state index is -0.0981. The molecule has 0 heterocycles. The van der Waals surface area contributed by atoms with E-state index >= 15 is 0 Å². The number of carbonyl (C=O) groups is 1. The Kier molecular flexibility index (Phi) is 4.58. The summed E-state index contributed by atoms with van der Waals surface area (Å²) in [6.45, 7) is 0. The van der Waals surface area contributed by atoms with E-state index in [0.717, 1.165) is 16.8 Å². The minimum absolute atomic E-state index is 0.0981. The summed E-state index contributed by atoms with van der Waals surface area (Å²) in [6, 6.07) is 14.4. The van der Waals surface area contributed by atoms with Crippen molar-refractivity contribution in [2.75, 3.05) is 5.32 Å². The summed E-state index contributed by atoms with van der Waals surface area (Å²) < 4.78 is 0. The van der Waals surface area contributed by atoms with Crippen LogP contribution in [0.3, 0.4) is 0 Å². The first-order chi connectivity index (χ1) is 9.19. The molecule has 0 aliphatic carbocycles. The highest BCUT2D eigenvalue weighted by atomic mass is 79.9. The number of rotatable bonds is 4. The zero-order valence-corrected chi connectivity index (χ0v) is 11.9. The third-order valence-corrected chi connectivity index (χ3v) is 3.31. The summed E-state index contributed by atoms with van der Waals surface area (Å²) in [7, 11) is 0. The van der Waals surface area contributed by atoms with E-state index in [1.807, 2.05) is 30.3 Å². The predicted molar refractivity (Wildman–Crippen MR) is 79.5 cm³/mol. The van der Waals surface area contributed by atoms with E-state index in [9.17, 15) is 9.90 Å². The Morgan fingerprint density at radius 1 is 1.16 bits per heavy atom. The third-order valence-electron chi connectivity index (χ3n) is 2.71. The number of halogens is 1. The first-order valence-corrected chi connectivity index (χ1v) is 7.03. The molecular formula is C15H14BrNO2. The number of phenolic OH excluding ortho intramolecular Hbond substituents is 1. The van der Waals surface area contributed by atoms with E-state index < -0.39 is 0 Å². The van der Waals surface area contributed by atoms with Gasteiger partial charge in [-0.15, -0.1) is 0 Å². The van der Waals surface area contributed by atoms with Crippen LogP contribution in [0.15, 0.2) is 48.5 Å². The van der Waals surface area contributed by atoms with Crippen LogP contribution in [-0.4, -0.2) is 11.0 Å². The van der Waals surface area contributed by atoms with Crippen molar-refractivity contribution in [3.8, 4) is 5.75 Å². The fourth-order valence-electron chi connectivity index (χ4n) is 1.81. The van der Waals surface area contributed by atoms with Gasteiger partial charge in [0, 0.05) is 11.0 Å².